The summed E-state index contributed by atoms with van der Waals surface area (Å²) in [5.74, 6) is 1.64. The Kier molecular flexibility index (Phi) is 4.27. The first-order valence-electron chi connectivity index (χ1n) is 7.94. The number of likely N-dealkylation sites (tertiary alicyclic amines) is 1. The van der Waals surface area contributed by atoms with Crippen LogP contribution in [0.3, 0.4) is 0 Å². The fourth-order valence-corrected chi connectivity index (χ4v) is 3.40. The van der Waals surface area contributed by atoms with Crippen LogP contribution in [0, 0.1) is 5.92 Å². The minimum atomic E-state index is 0.327. The lowest BCUT2D eigenvalue weighted by atomic mass is 10.1. The van der Waals surface area contributed by atoms with Crippen LogP contribution in [0.25, 0.3) is 0 Å². The summed E-state index contributed by atoms with van der Waals surface area (Å²) in [7, 11) is 0. The van der Waals surface area contributed by atoms with Gasteiger partial charge in [0.15, 0.2) is 0 Å². The van der Waals surface area contributed by atoms with Gasteiger partial charge in [-0.2, -0.15) is 0 Å². The van der Waals surface area contributed by atoms with Gasteiger partial charge in [-0.05, 0) is 49.3 Å². The van der Waals surface area contributed by atoms with E-state index in [4.69, 9.17) is 10.5 Å². The van der Waals surface area contributed by atoms with Gasteiger partial charge in [0, 0.05) is 25.7 Å². The van der Waals surface area contributed by atoms with E-state index in [9.17, 15) is 0 Å². The van der Waals surface area contributed by atoms with Crippen LogP contribution in [0.2, 0.25) is 0 Å². The molecule has 1 saturated carbocycles. The van der Waals surface area contributed by atoms with Gasteiger partial charge in [-0.15, -0.1) is 0 Å². The second-order valence-electron chi connectivity index (χ2n) is 6.51. The van der Waals surface area contributed by atoms with Crippen LogP contribution in [0.4, 0.5) is 0 Å². The molecule has 2 atom stereocenters. The highest BCUT2D eigenvalue weighted by atomic mass is 16.5. The Balaban J connectivity index is 1.59. The van der Waals surface area contributed by atoms with Crippen molar-refractivity contribution in [2.75, 3.05) is 13.1 Å². The molecule has 0 aromatic heterocycles. The molecule has 110 valence electrons. The molecule has 3 nitrogen and oxygen atoms in total. The Morgan fingerprint density at radius 1 is 1.25 bits per heavy atom. The lowest BCUT2D eigenvalue weighted by Gasteiger charge is -2.17. The normalized spacial score (nSPS) is 28.1. The monoisotopic (exact) mass is 274 g/mol. The minimum absolute atomic E-state index is 0.327. The van der Waals surface area contributed by atoms with Gasteiger partial charge < -0.3 is 10.5 Å². The average molecular weight is 274 g/mol. The maximum atomic E-state index is 6.09. The molecular formula is C17H26N2O. The number of nitrogens with zero attached hydrogens (tertiary/aromatic N) is 1. The molecule has 2 aliphatic rings. The predicted octanol–water partition coefficient (Wildman–Crippen LogP) is 2.79. The maximum absolute atomic E-state index is 6.09. The number of hydrogen-bond donors (Lipinski definition) is 1. The van der Waals surface area contributed by atoms with Crippen molar-refractivity contribution in [1.29, 1.82) is 0 Å². The van der Waals surface area contributed by atoms with Gasteiger partial charge in [0.2, 0.25) is 0 Å². The summed E-state index contributed by atoms with van der Waals surface area (Å²) in [5, 5.41) is 0. The van der Waals surface area contributed by atoms with Gasteiger partial charge in [-0.1, -0.05) is 19.1 Å². The zero-order valence-corrected chi connectivity index (χ0v) is 12.4. The van der Waals surface area contributed by atoms with E-state index in [0.717, 1.165) is 25.4 Å². The Morgan fingerprint density at radius 3 is 2.75 bits per heavy atom. The SMILES string of the molecule is CC1CN(Cc2cccc(OC3CCCC3)c2)CC1N. The zero-order valence-electron chi connectivity index (χ0n) is 12.4. The number of hydrogen-bond acceptors (Lipinski definition) is 3. The van der Waals surface area contributed by atoms with Crippen molar-refractivity contribution in [1.82, 2.24) is 4.90 Å². The first kappa shape index (κ1) is 13.9. The quantitative estimate of drug-likeness (QED) is 0.917. The fraction of sp³-hybridized carbons (Fsp3) is 0.647. The molecule has 1 saturated heterocycles. The standard InChI is InChI=1S/C17H26N2O/c1-13-10-19(12-17(13)18)11-14-5-4-8-16(9-14)20-15-6-2-3-7-15/h4-5,8-9,13,15,17H,2-3,6-7,10-12,18H2,1H3. The van der Waals surface area contributed by atoms with E-state index in [1.165, 1.54) is 31.2 Å². The molecule has 2 fully saturated rings. The first-order chi connectivity index (χ1) is 9.70. The molecule has 0 radical (unpaired) electrons. The average Bonchev–Trinajstić information content (AvgIpc) is 3.01. The van der Waals surface area contributed by atoms with Gasteiger partial charge in [-0.25, -0.2) is 0 Å². The summed E-state index contributed by atoms with van der Waals surface area (Å²) in [6.07, 6.45) is 5.48. The highest BCUT2D eigenvalue weighted by Crippen LogP contribution is 2.25. The topological polar surface area (TPSA) is 38.5 Å². The second kappa shape index (κ2) is 6.15. The minimum Gasteiger partial charge on any atom is -0.490 e. The third-order valence-electron chi connectivity index (χ3n) is 4.66. The number of benzene rings is 1. The van der Waals surface area contributed by atoms with Crippen LogP contribution in [0.5, 0.6) is 5.75 Å². The van der Waals surface area contributed by atoms with Crippen molar-refractivity contribution in [2.24, 2.45) is 11.7 Å². The molecule has 20 heavy (non-hydrogen) atoms. The van der Waals surface area contributed by atoms with Crippen LogP contribution < -0.4 is 10.5 Å². The third-order valence-corrected chi connectivity index (χ3v) is 4.66. The van der Waals surface area contributed by atoms with Crippen LogP contribution >= 0.6 is 0 Å². The summed E-state index contributed by atoms with van der Waals surface area (Å²) in [5.41, 5.74) is 7.43. The van der Waals surface area contributed by atoms with Gasteiger partial charge in [0.1, 0.15) is 5.75 Å². The van der Waals surface area contributed by atoms with Crippen molar-refractivity contribution >= 4 is 0 Å². The van der Waals surface area contributed by atoms with Crippen molar-refractivity contribution in [3.05, 3.63) is 29.8 Å². The maximum Gasteiger partial charge on any atom is 0.120 e. The van der Waals surface area contributed by atoms with E-state index in [0.29, 0.717) is 18.1 Å². The largest absolute Gasteiger partial charge is 0.490 e. The Bertz CT molecular complexity index is 432. The number of ether oxygens (including phenoxy) is 1. The van der Waals surface area contributed by atoms with Gasteiger partial charge >= 0.3 is 0 Å². The molecular weight excluding hydrogens is 248 g/mol. The van der Waals surface area contributed by atoms with Gasteiger partial charge in [-0.3, -0.25) is 4.90 Å². The van der Waals surface area contributed by atoms with Crippen molar-refractivity contribution < 1.29 is 4.74 Å². The molecule has 2 N–H and O–H groups in total. The molecule has 2 unspecified atom stereocenters. The van der Waals surface area contributed by atoms with Crippen LogP contribution in [0.15, 0.2) is 24.3 Å². The summed E-state index contributed by atoms with van der Waals surface area (Å²) in [4.78, 5) is 2.45. The summed E-state index contributed by atoms with van der Waals surface area (Å²) >= 11 is 0. The van der Waals surface area contributed by atoms with Crippen LogP contribution in [-0.4, -0.2) is 30.1 Å². The van der Waals surface area contributed by atoms with Crippen LogP contribution in [-0.2, 0) is 6.54 Å². The van der Waals surface area contributed by atoms with E-state index in [1.807, 2.05) is 0 Å². The molecule has 0 bridgehead atoms. The van der Waals surface area contributed by atoms with E-state index >= 15 is 0 Å². The van der Waals surface area contributed by atoms with Gasteiger partial charge in [0.05, 0.1) is 6.10 Å². The van der Waals surface area contributed by atoms with Crippen molar-refractivity contribution in [3.63, 3.8) is 0 Å². The van der Waals surface area contributed by atoms with E-state index in [1.54, 1.807) is 0 Å². The highest BCUT2D eigenvalue weighted by Gasteiger charge is 2.26. The zero-order chi connectivity index (χ0) is 13.9. The molecule has 3 rings (SSSR count). The van der Waals surface area contributed by atoms with E-state index in [-0.39, 0.29) is 0 Å². The predicted molar refractivity (Wildman–Crippen MR) is 81.7 cm³/mol. The van der Waals surface area contributed by atoms with E-state index < -0.39 is 0 Å². The molecule has 1 aliphatic carbocycles. The molecule has 1 aliphatic heterocycles. The van der Waals surface area contributed by atoms with Crippen LogP contribution in [0.1, 0.15) is 38.2 Å². The Labute approximate surface area is 122 Å². The lowest BCUT2D eigenvalue weighted by molar-refractivity contribution is 0.209. The fourth-order valence-electron chi connectivity index (χ4n) is 3.40. The summed E-state index contributed by atoms with van der Waals surface area (Å²) < 4.78 is 6.08. The molecule has 0 spiro atoms. The van der Waals surface area contributed by atoms with Gasteiger partial charge in [0.25, 0.3) is 0 Å². The third kappa shape index (κ3) is 3.33. The Hall–Kier alpha value is -1.06. The lowest BCUT2D eigenvalue weighted by Crippen LogP contribution is -2.28. The summed E-state index contributed by atoms with van der Waals surface area (Å²) in [6.45, 7) is 5.34. The molecule has 3 heteroatoms. The molecule has 0 amide bonds. The summed E-state index contributed by atoms with van der Waals surface area (Å²) in [6, 6.07) is 8.91. The molecule has 1 heterocycles. The first-order valence-corrected chi connectivity index (χ1v) is 7.94. The second-order valence-corrected chi connectivity index (χ2v) is 6.51. The van der Waals surface area contributed by atoms with Crippen molar-refractivity contribution in [2.45, 2.75) is 51.3 Å². The molecule has 1 aromatic carbocycles. The van der Waals surface area contributed by atoms with Crippen molar-refractivity contribution in [3.8, 4) is 5.75 Å². The van der Waals surface area contributed by atoms with E-state index in [2.05, 4.69) is 36.1 Å². The number of nitrogens with two attached hydrogens (primary N) is 1. The smallest absolute Gasteiger partial charge is 0.120 e. The highest BCUT2D eigenvalue weighted by molar-refractivity contribution is 5.29. The number of rotatable bonds is 4. The molecule has 1 aromatic rings. The Morgan fingerprint density at radius 2 is 2.05 bits per heavy atom.